The molecule has 2 rings (SSSR count). The van der Waals surface area contributed by atoms with E-state index in [1.165, 1.54) is 18.2 Å². The number of nitrogens with two attached hydrogens (primary N) is 1. The highest BCUT2D eigenvalue weighted by Gasteiger charge is 2.28. The normalized spacial score (nSPS) is 16.5. The number of carbonyl (C=O) groups is 1. The average Bonchev–Trinajstić information content (AvgIpc) is 3.07. The number of phenolic OH excluding ortho intramolecular Hbond substituents is 2. The van der Waals surface area contributed by atoms with Gasteiger partial charge in [-0.15, -0.1) is 0 Å². The van der Waals surface area contributed by atoms with E-state index < -0.39 is 0 Å². The molecule has 1 unspecified atom stereocenters. The first kappa shape index (κ1) is 11.7. The lowest BCUT2D eigenvalue weighted by Gasteiger charge is -2.11. The van der Waals surface area contributed by atoms with Gasteiger partial charge in [-0.25, -0.2) is 0 Å². The van der Waals surface area contributed by atoms with Crippen LogP contribution in [0, 0.1) is 5.92 Å². The van der Waals surface area contributed by atoms with Crippen LogP contribution in [0.5, 0.6) is 11.5 Å². The lowest BCUT2D eigenvalue weighted by molar-refractivity contribution is 0.0949. The first-order chi connectivity index (χ1) is 8.06. The summed E-state index contributed by atoms with van der Waals surface area (Å²) in [7, 11) is 0. The fourth-order valence-corrected chi connectivity index (χ4v) is 1.73. The van der Waals surface area contributed by atoms with Crippen LogP contribution in [-0.4, -0.2) is 28.7 Å². The molecule has 0 bridgehead atoms. The first-order valence-corrected chi connectivity index (χ1v) is 5.63. The first-order valence-electron chi connectivity index (χ1n) is 5.63. The zero-order chi connectivity index (χ0) is 12.4. The smallest absolute Gasteiger partial charge is 0.251 e. The average molecular weight is 236 g/mol. The number of carbonyl (C=O) groups excluding carboxylic acids is 1. The number of nitrogens with one attached hydrogen (secondary N) is 1. The number of amides is 1. The van der Waals surface area contributed by atoms with Gasteiger partial charge in [0.05, 0.1) is 0 Å². The third-order valence-corrected chi connectivity index (χ3v) is 2.89. The molecular formula is C12H16N2O3. The van der Waals surface area contributed by atoms with E-state index in [4.69, 9.17) is 5.73 Å². The Kier molecular flexibility index (Phi) is 3.19. The molecule has 5 N–H and O–H groups in total. The quantitative estimate of drug-likeness (QED) is 0.614. The lowest BCUT2D eigenvalue weighted by atomic mass is 10.1. The Morgan fingerprint density at radius 3 is 2.47 bits per heavy atom. The lowest BCUT2D eigenvalue weighted by Crippen LogP contribution is -2.38. The van der Waals surface area contributed by atoms with Crippen molar-refractivity contribution in [2.24, 2.45) is 11.7 Å². The van der Waals surface area contributed by atoms with E-state index in [1.54, 1.807) is 0 Å². The van der Waals surface area contributed by atoms with E-state index in [0.717, 1.165) is 12.8 Å². The molecule has 0 radical (unpaired) electrons. The van der Waals surface area contributed by atoms with Gasteiger partial charge in [-0.1, -0.05) is 0 Å². The number of benzene rings is 1. The molecule has 1 aliphatic rings. The van der Waals surface area contributed by atoms with Crippen LogP contribution in [0.2, 0.25) is 0 Å². The predicted molar refractivity (Wildman–Crippen MR) is 62.8 cm³/mol. The molecule has 0 spiro atoms. The third-order valence-electron chi connectivity index (χ3n) is 2.89. The Bertz CT molecular complexity index is 410. The molecule has 0 aromatic heterocycles. The van der Waals surface area contributed by atoms with Crippen LogP contribution < -0.4 is 11.1 Å². The molecule has 1 aromatic rings. The molecule has 17 heavy (non-hydrogen) atoms. The van der Waals surface area contributed by atoms with Gasteiger partial charge in [0.25, 0.3) is 5.91 Å². The highest BCUT2D eigenvalue weighted by molar-refractivity contribution is 5.95. The summed E-state index contributed by atoms with van der Waals surface area (Å²) in [5.41, 5.74) is 6.08. The minimum Gasteiger partial charge on any atom is -0.508 e. The van der Waals surface area contributed by atoms with E-state index >= 15 is 0 Å². The highest BCUT2D eigenvalue weighted by atomic mass is 16.3. The van der Waals surface area contributed by atoms with Gasteiger partial charge in [-0.05, 0) is 30.9 Å². The Balaban J connectivity index is 1.94. The molecule has 1 amide bonds. The molecule has 5 heteroatoms. The second-order valence-corrected chi connectivity index (χ2v) is 4.45. The number of aromatic hydroxyl groups is 2. The maximum Gasteiger partial charge on any atom is 0.251 e. The van der Waals surface area contributed by atoms with Gasteiger partial charge in [0.1, 0.15) is 11.5 Å². The van der Waals surface area contributed by atoms with Gasteiger partial charge >= 0.3 is 0 Å². The Labute approximate surface area is 99.3 Å². The maximum absolute atomic E-state index is 11.7. The van der Waals surface area contributed by atoms with Gasteiger partial charge in [0, 0.05) is 24.2 Å². The number of rotatable bonds is 4. The van der Waals surface area contributed by atoms with E-state index in [2.05, 4.69) is 5.32 Å². The summed E-state index contributed by atoms with van der Waals surface area (Å²) in [5.74, 6) is -0.0940. The van der Waals surface area contributed by atoms with Crippen molar-refractivity contribution < 1.29 is 15.0 Å². The predicted octanol–water partition coefficient (Wildman–Crippen LogP) is 0.565. The topological polar surface area (TPSA) is 95.6 Å². The zero-order valence-corrected chi connectivity index (χ0v) is 9.39. The fraction of sp³-hybridized carbons (Fsp3) is 0.417. The molecule has 0 aliphatic heterocycles. The zero-order valence-electron chi connectivity index (χ0n) is 9.39. The van der Waals surface area contributed by atoms with Gasteiger partial charge in [-0.3, -0.25) is 4.79 Å². The second kappa shape index (κ2) is 4.63. The van der Waals surface area contributed by atoms with Crippen LogP contribution >= 0.6 is 0 Å². The summed E-state index contributed by atoms with van der Waals surface area (Å²) in [6.07, 6.45) is 2.26. The van der Waals surface area contributed by atoms with Gasteiger partial charge < -0.3 is 21.3 Å². The van der Waals surface area contributed by atoms with Crippen LogP contribution in [-0.2, 0) is 0 Å². The minimum absolute atomic E-state index is 0.00939. The summed E-state index contributed by atoms with van der Waals surface area (Å²) < 4.78 is 0. The van der Waals surface area contributed by atoms with Crippen molar-refractivity contribution in [1.29, 1.82) is 0 Å². The molecule has 92 valence electrons. The van der Waals surface area contributed by atoms with Crippen LogP contribution in [0.1, 0.15) is 23.2 Å². The summed E-state index contributed by atoms with van der Waals surface area (Å²) in [4.78, 5) is 11.7. The Hall–Kier alpha value is -1.75. The second-order valence-electron chi connectivity index (χ2n) is 4.45. The standard InChI is InChI=1S/C12H16N2O3/c13-11(7-1-2-7)6-14-12(17)8-3-9(15)5-10(16)4-8/h3-5,7,11,15-16H,1-2,6,13H2,(H,14,17). The number of phenols is 2. The van der Waals surface area contributed by atoms with Crippen LogP contribution in [0.15, 0.2) is 18.2 Å². The van der Waals surface area contributed by atoms with E-state index in [9.17, 15) is 15.0 Å². The molecular weight excluding hydrogens is 220 g/mol. The largest absolute Gasteiger partial charge is 0.508 e. The summed E-state index contributed by atoms with van der Waals surface area (Å²) >= 11 is 0. The van der Waals surface area contributed by atoms with Gasteiger partial charge in [0.2, 0.25) is 0 Å². The SMILES string of the molecule is NC(CNC(=O)c1cc(O)cc(O)c1)C1CC1. The van der Waals surface area contributed by atoms with Crippen LogP contribution in [0.25, 0.3) is 0 Å². The number of hydrogen-bond donors (Lipinski definition) is 4. The highest BCUT2D eigenvalue weighted by Crippen LogP contribution is 2.31. The molecule has 1 fully saturated rings. The van der Waals surface area contributed by atoms with Crippen molar-refractivity contribution in [2.75, 3.05) is 6.54 Å². The fourth-order valence-electron chi connectivity index (χ4n) is 1.73. The molecule has 1 aromatic carbocycles. The van der Waals surface area contributed by atoms with Crippen molar-refractivity contribution in [3.63, 3.8) is 0 Å². The molecule has 0 saturated heterocycles. The van der Waals surface area contributed by atoms with Crippen molar-refractivity contribution in [3.05, 3.63) is 23.8 Å². The Morgan fingerprint density at radius 2 is 1.94 bits per heavy atom. The van der Waals surface area contributed by atoms with Crippen LogP contribution in [0.4, 0.5) is 0 Å². The molecule has 1 atom stereocenters. The number of hydrogen-bond acceptors (Lipinski definition) is 4. The molecule has 0 heterocycles. The van der Waals surface area contributed by atoms with Gasteiger partial charge in [-0.2, -0.15) is 0 Å². The minimum atomic E-state index is -0.340. The summed E-state index contributed by atoms with van der Waals surface area (Å²) in [6.45, 7) is 0.417. The van der Waals surface area contributed by atoms with Gasteiger partial charge in [0.15, 0.2) is 0 Å². The van der Waals surface area contributed by atoms with E-state index in [-0.39, 0.29) is 29.0 Å². The monoisotopic (exact) mass is 236 g/mol. The summed E-state index contributed by atoms with van der Waals surface area (Å²) in [5, 5.41) is 21.2. The molecule has 5 nitrogen and oxygen atoms in total. The van der Waals surface area contributed by atoms with E-state index in [1.807, 2.05) is 0 Å². The van der Waals surface area contributed by atoms with Crippen molar-refractivity contribution in [2.45, 2.75) is 18.9 Å². The third kappa shape index (κ3) is 3.10. The van der Waals surface area contributed by atoms with Crippen molar-refractivity contribution in [3.8, 4) is 11.5 Å². The van der Waals surface area contributed by atoms with Crippen LogP contribution in [0.3, 0.4) is 0 Å². The van der Waals surface area contributed by atoms with E-state index in [0.29, 0.717) is 12.5 Å². The molecule has 1 saturated carbocycles. The summed E-state index contributed by atoms with van der Waals surface area (Å²) in [6, 6.07) is 3.77. The molecule has 1 aliphatic carbocycles. The van der Waals surface area contributed by atoms with Crippen molar-refractivity contribution in [1.82, 2.24) is 5.32 Å². The maximum atomic E-state index is 11.7. The Morgan fingerprint density at radius 1 is 1.35 bits per heavy atom. The van der Waals surface area contributed by atoms with Crippen molar-refractivity contribution >= 4 is 5.91 Å².